The van der Waals surface area contributed by atoms with Gasteiger partial charge in [-0.25, -0.2) is 0 Å². The van der Waals surface area contributed by atoms with Crippen LogP contribution in [0.25, 0.3) is 0 Å². The number of carbonyl (C=O) groups excluding carboxylic acids is 1. The van der Waals surface area contributed by atoms with E-state index >= 15 is 0 Å². The van der Waals surface area contributed by atoms with E-state index in [-0.39, 0.29) is 5.91 Å². The van der Waals surface area contributed by atoms with E-state index in [1.54, 1.807) is 0 Å². The number of carbonyl (C=O) groups is 1. The van der Waals surface area contributed by atoms with E-state index in [1.807, 2.05) is 11.8 Å². The number of rotatable bonds is 5. The van der Waals surface area contributed by atoms with Crippen LogP contribution in [-0.2, 0) is 30.7 Å². The van der Waals surface area contributed by atoms with E-state index in [4.69, 9.17) is 4.52 Å². The molecule has 0 aliphatic carbocycles. The van der Waals surface area contributed by atoms with Crippen molar-refractivity contribution >= 4 is 5.91 Å². The van der Waals surface area contributed by atoms with Gasteiger partial charge in [0.2, 0.25) is 11.8 Å². The van der Waals surface area contributed by atoms with Crippen molar-refractivity contribution in [2.45, 2.75) is 52.1 Å². The van der Waals surface area contributed by atoms with Gasteiger partial charge in [0.1, 0.15) is 0 Å². The number of likely N-dealkylation sites (tertiary alicyclic amines) is 1. The minimum Gasteiger partial charge on any atom is -0.343 e. The standard InChI is InChI=1S/C18H26N6O2/c1-13-20-17(22-26-13)10-14-4-7-23(8-5-14)18(25)3-2-15-11-16-12-19-6-9-24(16)21-15/h11,14,19H,2-10,12H2,1H3. The van der Waals surface area contributed by atoms with E-state index in [9.17, 15) is 4.79 Å². The van der Waals surface area contributed by atoms with Crippen LogP contribution in [0.3, 0.4) is 0 Å². The molecule has 1 saturated heterocycles. The maximum absolute atomic E-state index is 12.5. The number of amides is 1. The highest BCUT2D eigenvalue weighted by Gasteiger charge is 2.24. The highest BCUT2D eigenvalue weighted by atomic mass is 16.5. The summed E-state index contributed by atoms with van der Waals surface area (Å²) in [6.45, 7) is 6.20. The molecular weight excluding hydrogens is 332 g/mol. The molecule has 4 rings (SSSR count). The fourth-order valence-corrected chi connectivity index (χ4v) is 3.84. The number of aryl methyl sites for hydroxylation is 2. The molecule has 0 spiro atoms. The van der Waals surface area contributed by atoms with Crippen molar-refractivity contribution in [1.82, 2.24) is 30.1 Å². The van der Waals surface area contributed by atoms with Crippen LogP contribution in [-0.4, -0.2) is 50.4 Å². The minimum absolute atomic E-state index is 0.239. The third-order valence-corrected chi connectivity index (χ3v) is 5.32. The number of nitrogens with one attached hydrogen (secondary N) is 1. The minimum atomic E-state index is 0.239. The lowest BCUT2D eigenvalue weighted by molar-refractivity contribution is -0.132. The zero-order chi connectivity index (χ0) is 17.9. The van der Waals surface area contributed by atoms with Crippen LogP contribution in [0, 0.1) is 12.8 Å². The average Bonchev–Trinajstić information content (AvgIpc) is 3.25. The molecule has 2 aliphatic heterocycles. The van der Waals surface area contributed by atoms with Gasteiger partial charge in [-0.3, -0.25) is 9.48 Å². The number of piperidine rings is 1. The largest absolute Gasteiger partial charge is 0.343 e. The molecule has 8 nitrogen and oxygen atoms in total. The van der Waals surface area contributed by atoms with Gasteiger partial charge in [0.15, 0.2) is 5.82 Å². The number of hydrogen-bond acceptors (Lipinski definition) is 6. The molecule has 4 heterocycles. The van der Waals surface area contributed by atoms with E-state index in [2.05, 4.69) is 31.3 Å². The first kappa shape index (κ1) is 17.2. The molecule has 140 valence electrons. The van der Waals surface area contributed by atoms with Gasteiger partial charge in [-0.15, -0.1) is 0 Å². The van der Waals surface area contributed by atoms with Gasteiger partial charge in [-0.1, -0.05) is 5.16 Å². The molecule has 0 unspecified atom stereocenters. The van der Waals surface area contributed by atoms with Crippen LogP contribution in [0.4, 0.5) is 0 Å². The van der Waals surface area contributed by atoms with Gasteiger partial charge in [0.25, 0.3) is 0 Å². The summed E-state index contributed by atoms with van der Waals surface area (Å²) >= 11 is 0. The Morgan fingerprint density at radius 1 is 1.35 bits per heavy atom. The summed E-state index contributed by atoms with van der Waals surface area (Å²) in [5, 5.41) is 11.9. The Balaban J connectivity index is 1.22. The van der Waals surface area contributed by atoms with Crippen molar-refractivity contribution in [2.75, 3.05) is 19.6 Å². The number of fused-ring (bicyclic) bond motifs is 1. The van der Waals surface area contributed by atoms with Crippen LogP contribution in [0.15, 0.2) is 10.6 Å². The van der Waals surface area contributed by atoms with Crippen molar-refractivity contribution in [3.05, 3.63) is 29.2 Å². The third-order valence-electron chi connectivity index (χ3n) is 5.32. The Kier molecular flexibility index (Phi) is 5.01. The monoisotopic (exact) mass is 358 g/mol. The van der Waals surface area contributed by atoms with Crippen molar-refractivity contribution in [3.8, 4) is 0 Å². The molecule has 1 amide bonds. The first-order valence-corrected chi connectivity index (χ1v) is 9.50. The van der Waals surface area contributed by atoms with Crippen molar-refractivity contribution < 1.29 is 9.32 Å². The lowest BCUT2D eigenvalue weighted by Crippen LogP contribution is -2.39. The Bertz CT molecular complexity index is 736. The molecule has 1 fully saturated rings. The van der Waals surface area contributed by atoms with Crippen LogP contribution in [0.2, 0.25) is 0 Å². The molecule has 2 aliphatic rings. The first-order chi connectivity index (χ1) is 12.7. The Hall–Kier alpha value is -2.22. The normalized spacial score (nSPS) is 18.1. The SMILES string of the molecule is Cc1nc(CC2CCN(C(=O)CCc3cc4n(n3)CCNC4)CC2)no1. The molecule has 0 aromatic carbocycles. The lowest BCUT2D eigenvalue weighted by atomic mass is 9.93. The van der Waals surface area contributed by atoms with Gasteiger partial charge >= 0.3 is 0 Å². The molecule has 0 radical (unpaired) electrons. The topological polar surface area (TPSA) is 89.1 Å². The van der Waals surface area contributed by atoms with Gasteiger partial charge < -0.3 is 14.7 Å². The molecule has 2 aromatic heterocycles. The molecule has 8 heteroatoms. The predicted molar refractivity (Wildman–Crippen MR) is 94.3 cm³/mol. The van der Waals surface area contributed by atoms with Crippen LogP contribution >= 0.6 is 0 Å². The van der Waals surface area contributed by atoms with E-state index in [1.165, 1.54) is 5.69 Å². The maximum Gasteiger partial charge on any atom is 0.223 e. The Morgan fingerprint density at radius 2 is 2.19 bits per heavy atom. The highest BCUT2D eigenvalue weighted by molar-refractivity contribution is 5.76. The Labute approximate surface area is 152 Å². The summed E-state index contributed by atoms with van der Waals surface area (Å²) in [6.07, 6.45) is 4.11. The number of nitrogens with zero attached hydrogens (tertiary/aromatic N) is 5. The summed E-state index contributed by atoms with van der Waals surface area (Å²) in [7, 11) is 0. The van der Waals surface area contributed by atoms with E-state index in [0.717, 1.165) is 69.9 Å². The second-order valence-corrected chi connectivity index (χ2v) is 7.28. The number of hydrogen-bond donors (Lipinski definition) is 1. The fourth-order valence-electron chi connectivity index (χ4n) is 3.84. The predicted octanol–water partition coefficient (Wildman–Crippen LogP) is 1.09. The summed E-state index contributed by atoms with van der Waals surface area (Å²) in [5.41, 5.74) is 2.25. The average molecular weight is 358 g/mol. The van der Waals surface area contributed by atoms with E-state index < -0.39 is 0 Å². The molecular formula is C18H26N6O2. The zero-order valence-corrected chi connectivity index (χ0v) is 15.3. The second-order valence-electron chi connectivity index (χ2n) is 7.28. The van der Waals surface area contributed by atoms with Crippen molar-refractivity contribution in [2.24, 2.45) is 5.92 Å². The first-order valence-electron chi connectivity index (χ1n) is 9.50. The third kappa shape index (κ3) is 3.95. The summed E-state index contributed by atoms with van der Waals surface area (Å²) in [6, 6.07) is 2.12. The fraction of sp³-hybridized carbons (Fsp3) is 0.667. The van der Waals surface area contributed by atoms with Crippen molar-refractivity contribution in [3.63, 3.8) is 0 Å². The van der Waals surface area contributed by atoms with Gasteiger partial charge in [0, 0.05) is 52.4 Å². The van der Waals surface area contributed by atoms with Crippen LogP contribution in [0.1, 0.15) is 42.4 Å². The molecule has 0 atom stereocenters. The van der Waals surface area contributed by atoms with Gasteiger partial charge in [0.05, 0.1) is 17.9 Å². The summed E-state index contributed by atoms with van der Waals surface area (Å²) in [5.74, 6) is 2.17. The molecule has 1 N–H and O–H groups in total. The highest BCUT2D eigenvalue weighted by Crippen LogP contribution is 2.21. The van der Waals surface area contributed by atoms with Crippen molar-refractivity contribution in [1.29, 1.82) is 0 Å². The zero-order valence-electron chi connectivity index (χ0n) is 15.3. The molecule has 0 bridgehead atoms. The lowest BCUT2D eigenvalue weighted by Gasteiger charge is -2.31. The Morgan fingerprint density at radius 3 is 2.92 bits per heavy atom. The van der Waals surface area contributed by atoms with E-state index in [0.29, 0.717) is 18.2 Å². The molecule has 0 saturated carbocycles. The number of aromatic nitrogens is 4. The maximum atomic E-state index is 12.5. The quantitative estimate of drug-likeness (QED) is 0.861. The second kappa shape index (κ2) is 7.57. The molecule has 26 heavy (non-hydrogen) atoms. The molecule has 2 aromatic rings. The smallest absolute Gasteiger partial charge is 0.223 e. The van der Waals surface area contributed by atoms with Gasteiger partial charge in [-0.2, -0.15) is 10.1 Å². The summed E-state index contributed by atoms with van der Waals surface area (Å²) in [4.78, 5) is 18.8. The van der Waals surface area contributed by atoms with Gasteiger partial charge in [-0.05, 0) is 24.8 Å². The van der Waals surface area contributed by atoms with Crippen LogP contribution in [0.5, 0.6) is 0 Å². The van der Waals surface area contributed by atoms with Crippen LogP contribution < -0.4 is 5.32 Å². The summed E-state index contributed by atoms with van der Waals surface area (Å²) < 4.78 is 7.09.